The molecular weight excluding hydrogens is 344 g/mol. The van der Waals surface area contributed by atoms with Crippen LogP contribution in [0.3, 0.4) is 0 Å². The van der Waals surface area contributed by atoms with Crippen LogP contribution in [0, 0.1) is 0 Å². The van der Waals surface area contributed by atoms with Gasteiger partial charge in [-0.1, -0.05) is 24.3 Å². The van der Waals surface area contributed by atoms with Crippen LogP contribution < -0.4 is 5.32 Å². The highest BCUT2D eigenvalue weighted by atomic mass is 32.1. The molecule has 2 aliphatic rings. The van der Waals surface area contributed by atoms with Crippen LogP contribution in [0.5, 0.6) is 0 Å². The molecule has 5 nitrogen and oxygen atoms in total. The molecule has 4 rings (SSSR count). The second kappa shape index (κ2) is 8.20. The van der Waals surface area contributed by atoms with E-state index in [0.717, 1.165) is 64.0 Å². The topological polar surface area (TPSA) is 43.5 Å². The standard InChI is InChI=1S/C20H26N4OS/c26-20(21-7-10-23-11-13-25-14-12-23)24-8-5-16(6-9-24)18-15-22-19-4-2-1-3-17(18)19/h1-5,15,22H,6-14H2,(H,21,26). The predicted molar refractivity (Wildman–Crippen MR) is 110 cm³/mol. The smallest absolute Gasteiger partial charge is 0.169 e. The van der Waals surface area contributed by atoms with Crippen LogP contribution >= 0.6 is 12.2 Å². The average Bonchev–Trinajstić information content (AvgIpc) is 3.13. The van der Waals surface area contributed by atoms with Gasteiger partial charge in [0.2, 0.25) is 0 Å². The highest BCUT2D eigenvalue weighted by molar-refractivity contribution is 7.80. The summed E-state index contributed by atoms with van der Waals surface area (Å²) in [4.78, 5) is 8.05. The number of ether oxygens (including phenoxy) is 1. The summed E-state index contributed by atoms with van der Waals surface area (Å²) in [6.45, 7) is 7.49. The van der Waals surface area contributed by atoms with Crippen molar-refractivity contribution in [3.8, 4) is 0 Å². The van der Waals surface area contributed by atoms with Crippen LogP contribution in [-0.2, 0) is 4.74 Å². The fourth-order valence-corrected chi connectivity index (χ4v) is 3.96. The van der Waals surface area contributed by atoms with Gasteiger partial charge in [-0.05, 0) is 30.3 Å². The Morgan fingerprint density at radius 2 is 2.04 bits per heavy atom. The van der Waals surface area contributed by atoms with Gasteiger partial charge in [0.05, 0.1) is 13.2 Å². The van der Waals surface area contributed by atoms with E-state index >= 15 is 0 Å². The number of H-pyrrole nitrogens is 1. The van der Waals surface area contributed by atoms with E-state index in [4.69, 9.17) is 17.0 Å². The van der Waals surface area contributed by atoms with E-state index in [1.165, 1.54) is 22.0 Å². The minimum atomic E-state index is 0.845. The molecule has 2 aromatic rings. The summed E-state index contributed by atoms with van der Waals surface area (Å²) in [7, 11) is 0. The average molecular weight is 371 g/mol. The molecule has 1 fully saturated rings. The lowest BCUT2D eigenvalue weighted by Gasteiger charge is -2.30. The first-order valence-electron chi connectivity index (χ1n) is 9.39. The van der Waals surface area contributed by atoms with Gasteiger partial charge in [-0.15, -0.1) is 0 Å². The van der Waals surface area contributed by atoms with Crippen LogP contribution in [0.2, 0.25) is 0 Å². The molecule has 0 radical (unpaired) electrons. The largest absolute Gasteiger partial charge is 0.379 e. The molecule has 26 heavy (non-hydrogen) atoms. The van der Waals surface area contributed by atoms with E-state index in [1.807, 2.05) is 0 Å². The first-order valence-corrected chi connectivity index (χ1v) is 9.80. The number of morpholine rings is 1. The normalized spacial score (nSPS) is 18.8. The maximum absolute atomic E-state index is 5.59. The first-order chi connectivity index (χ1) is 12.8. The molecule has 1 saturated heterocycles. The number of aromatic nitrogens is 1. The molecule has 2 N–H and O–H groups in total. The number of benzene rings is 1. The summed E-state index contributed by atoms with van der Waals surface area (Å²) < 4.78 is 5.38. The number of nitrogens with zero attached hydrogens (tertiary/aromatic N) is 2. The monoisotopic (exact) mass is 370 g/mol. The number of rotatable bonds is 4. The third kappa shape index (κ3) is 3.92. The molecule has 6 heteroatoms. The Balaban J connectivity index is 1.30. The molecule has 138 valence electrons. The fourth-order valence-electron chi connectivity index (χ4n) is 3.69. The highest BCUT2D eigenvalue weighted by Gasteiger charge is 2.17. The van der Waals surface area contributed by atoms with Crippen molar-refractivity contribution >= 4 is 33.8 Å². The molecule has 1 aromatic heterocycles. The van der Waals surface area contributed by atoms with Gasteiger partial charge in [0.25, 0.3) is 0 Å². The molecule has 2 aliphatic heterocycles. The van der Waals surface area contributed by atoms with E-state index in [9.17, 15) is 0 Å². The number of hydrogen-bond acceptors (Lipinski definition) is 3. The van der Waals surface area contributed by atoms with Crippen LogP contribution in [0.1, 0.15) is 12.0 Å². The van der Waals surface area contributed by atoms with E-state index in [2.05, 4.69) is 56.6 Å². The summed E-state index contributed by atoms with van der Waals surface area (Å²) in [5.74, 6) is 0. The Morgan fingerprint density at radius 3 is 2.85 bits per heavy atom. The summed E-state index contributed by atoms with van der Waals surface area (Å²) in [6, 6.07) is 8.48. The zero-order chi connectivity index (χ0) is 17.8. The van der Waals surface area contributed by atoms with Gasteiger partial charge in [-0.2, -0.15) is 0 Å². The van der Waals surface area contributed by atoms with Gasteiger partial charge < -0.3 is 19.9 Å². The Labute approximate surface area is 160 Å². The molecule has 1 aromatic carbocycles. The quantitative estimate of drug-likeness (QED) is 0.810. The Morgan fingerprint density at radius 1 is 1.19 bits per heavy atom. The van der Waals surface area contributed by atoms with Crippen LogP contribution in [0.4, 0.5) is 0 Å². The molecular formula is C20H26N4OS. The molecule has 0 amide bonds. The lowest BCUT2D eigenvalue weighted by molar-refractivity contribution is 0.0389. The van der Waals surface area contributed by atoms with Gasteiger partial charge in [-0.25, -0.2) is 0 Å². The molecule has 0 aliphatic carbocycles. The number of nitrogens with one attached hydrogen (secondary N) is 2. The summed E-state index contributed by atoms with van der Waals surface area (Å²) in [5, 5.41) is 5.59. The third-order valence-corrected chi connectivity index (χ3v) is 5.64. The molecule has 0 saturated carbocycles. The van der Waals surface area contributed by atoms with Crippen molar-refractivity contribution in [1.29, 1.82) is 0 Å². The van der Waals surface area contributed by atoms with Crippen molar-refractivity contribution in [2.75, 3.05) is 52.5 Å². The summed E-state index contributed by atoms with van der Waals surface area (Å²) >= 11 is 5.59. The Hall–Kier alpha value is -1.89. The maximum Gasteiger partial charge on any atom is 0.169 e. The van der Waals surface area contributed by atoms with E-state index in [0.29, 0.717) is 0 Å². The van der Waals surface area contributed by atoms with Crippen molar-refractivity contribution in [1.82, 2.24) is 20.1 Å². The first kappa shape index (κ1) is 17.5. The Kier molecular flexibility index (Phi) is 5.53. The number of fused-ring (bicyclic) bond motifs is 1. The zero-order valence-corrected chi connectivity index (χ0v) is 15.9. The number of thiocarbonyl (C=S) groups is 1. The van der Waals surface area contributed by atoms with E-state index in [-0.39, 0.29) is 0 Å². The SMILES string of the molecule is S=C(NCCN1CCOCC1)N1CC=C(c2c[nH]c3ccccc23)CC1. The Bertz CT molecular complexity index is 794. The molecule has 0 bridgehead atoms. The molecule has 3 heterocycles. The van der Waals surface area contributed by atoms with Gasteiger partial charge in [0.1, 0.15) is 0 Å². The second-order valence-electron chi connectivity index (χ2n) is 6.86. The van der Waals surface area contributed by atoms with Gasteiger partial charge in [-0.3, -0.25) is 4.90 Å². The van der Waals surface area contributed by atoms with Gasteiger partial charge >= 0.3 is 0 Å². The van der Waals surface area contributed by atoms with Crippen LogP contribution in [0.25, 0.3) is 16.5 Å². The minimum Gasteiger partial charge on any atom is -0.379 e. The summed E-state index contributed by atoms with van der Waals surface area (Å²) in [6.07, 6.45) is 5.47. The van der Waals surface area contributed by atoms with Crippen molar-refractivity contribution < 1.29 is 4.74 Å². The van der Waals surface area contributed by atoms with Crippen molar-refractivity contribution in [3.05, 3.63) is 42.1 Å². The second-order valence-corrected chi connectivity index (χ2v) is 7.25. The lowest BCUT2D eigenvalue weighted by Crippen LogP contribution is -2.46. The maximum atomic E-state index is 5.59. The highest BCUT2D eigenvalue weighted by Crippen LogP contribution is 2.29. The van der Waals surface area contributed by atoms with Gasteiger partial charge in [0, 0.05) is 61.9 Å². The molecule has 0 atom stereocenters. The van der Waals surface area contributed by atoms with E-state index < -0.39 is 0 Å². The third-order valence-electron chi connectivity index (χ3n) is 5.24. The van der Waals surface area contributed by atoms with E-state index in [1.54, 1.807) is 0 Å². The number of para-hydroxylation sites is 1. The van der Waals surface area contributed by atoms with Gasteiger partial charge in [0.15, 0.2) is 5.11 Å². The van der Waals surface area contributed by atoms with Crippen LogP contribution in [0.15, 0.2) is 36.5 Å². The van der Waals surface area contributed by atoms with Crippen molar-refractivity contribution in [3.63, 3.8) is 0 Å². The molecule has 0 spiro atoms. The lowest BCUT2D eigenvalue weighted by atomic mass is 9.99. The fraction of sp³-hybridized carbons (Fsp3) is 0.450. The molecule has 0 unspecified atom stereocenters. The summed E-state index contributed by atoms with van der Waals surface area (Å²) in [5.41, 5.74) is 3.94. The van der Waals surface area contributed by atoms with Crippen molar-refractivity contribution in [2.24, 2.45) is 0 Å². The number of hydrogen-bond donors (Lipinski definition) is 2. The van der Waals surface area contributed by atoms with Crippen molar-refractivity contribution in [2.45, 2.75) is 6.42 Å². The van der Waals surface area contributed by atoms with Crippen LogP contribution in [-0.4, -0.2) is 72.4 Å². The number of aromatic amines is 1. The minimum absolute atomic E-state index is 0.845. The predicted octanol–water partition coefficient (Wildman–Crippen LogP) is 2.46. The zero-order valence-electron chi connectivity index (χ0n) is 15.0.